The summed E-state index contributed by atoms with van der Waals surface area (Å²) in [5, 5.41) is 11.7. The molecule has 0 aliphatic rings. The van der Waals surface area contributed by atoms with Crippen molar-refractivity contribution < 1.29 is 19.4 Å². The van der Waals surface area contributed by atoms with Gasteiger partial charge in [-0.2, -0.15) is 0 Å². The Hall–Kier alpha value is -1.40. The first-order chi connectivity index (χ1) is 9.40. The van der Waals surface area contributed by atoms with Crippen molar-refractivity contribution >= 4 is 27.8 Å². The van der Waals surface area contributed by atoms with Gasteiger partial charge in [-0.15, -0.1) is 0 Å². The van der Waals surface area contributed by atoms with Crippen molar-refractivity contribution in [2.45, 2.75) is 26.4 Å². The van der Waals surface area contributed by atoms with Gasteiger partial charge in [-0.3, -0.25) is 4.79 Å². The van der Waals surface area contributed by atoms with E-state index in [2.05, 4.69) is 21.2 Å². The SMILES string of the molecule is CC(C)OCCCNC(=O)c1cc(Br)cc(C(=O)O)c1. The van der Waals surface area contributed by atoms with Crippen LogP contribution in [-0.4, -0.2) is 36.2 Å². The van der Waals surface area contributed by atoms with Gasteiger partial charge >= 0.3 is 5.97 Å². The van der Waals surface area contributed by atoms with E-state index in [0.717, 1.165) is 0 Å². The molecular formula is C14H18BrNO4. The number of carbonyl (C=O) groups is 2. The maximum Gasteiger partial charge on any atom is 0.335 e. The van der Waals surface area contributed by atoms with E-state index < -0.39 is 5.97 Å². The molecule has 0 fully saturated rings. The lowest BCUT2D eigenvalue weighted by molar-refractivity contribution is 0.0696. The quantitative estimate of drug-likeness (QED) is 0.746. The van der Waals surface area contributed by atoms with E-state index in [-0.39, 0.29) is 17.6 Å². The Morgan fingerprint density at radius 3 is 2.55 bits per heavy atom. The summed E-state index contributed by atoms with van der Waals surface area (Å²) in [5.74, 6) is -1.36. The third kappa shape index (κ3) is 5.71. The molecule has 0 aromatic heterocycles. The minimum Gasteiger partial charge on any atom is -0.478 e. The molecule has 110 valence electrons. The highest BCUT2D eigenvalue weighted by molar-refractivity contribution is 9.10. The number of benzene rings is 1. The minimum absolute atomic E-state index is 0.0765. The lowest BCUT2D eigenvalue weighted by Crippen LogP contribution is -2.25. The Kier molecular flexibility index (Phi) is 6.67. The summed E-state index contributed by atoms with van der Waals surface area (Å²) in [7, 11) is 0. The normalized spacial score (nSPS) is 10.6. The lowest BCUT2D eigenvalue weighted by atomic mass is 10.1. The van der Waals surface area contributed by atoms with E-state index in [1.807, 2.05) is 13.8 Å². The van der Waals surface area contributed by atoms with Gasteiger partial charge < -0.3 is 15.2 Å². The summed E-state index contributed by atoms with van der Waals surface area (Å²) in [4.78, 5) is 22.8. The molecule has 5 nitrogen and oxygen atoms in total. The number of ether oxygens (including phenoxy) is 1. The number of nitrogens with one attached hydrogen (secondary N) is 1. The monoisotopic (exact) mass is 343 g/mol. The van der Waals surface area contributed by atoms with Crippen LogP contribution in [-0.2, 0) is 4.74 Å². The van der Waals surface area contributed by atoms with Gasteiger partial charge in [0.05, 0.1) is 11.7 Å². The number of hydrogen-bond acceptors (Lipinski definition) is 3. The second kappa shape index (κ2) is 8.01. The number of amides is 1. The fourth-order valence-corrected chi connectivity index (χ4v) is 2.03. The molecule has 2 N–H and O–H groups in total. The van der Waals surface area contributed by atoms with Crippen LogP contribution in [0.2, 0.25) is 0 Å². The summed E-state index contributed by atoms with van der Waals surface area (Å²) >= 11 is 3.20. The third-order valence-electron chi connectivity index (χ3n) is 2.46. The third-order valence-corrected chi connectivity index (χ3v) is 2.92. The number of carbonyl (C=O) groups excluding carboxylic acids is 1. The molecule has 1 amide bonds. The summed E-state index contributed by atoms with van der Waals surface area (Å²) in [6.07, 6.45) is 0.887. The second-order valence-corrected chi connectivity index (χ2v) is 5.48. The zero-order valence-corrected chi connectivity index (χ0v) is 13.1. The van der Waals surface area contributed by atoms with Gasteiger partial charge in [-0.25, -0.2) is 4.79 Å². The van der Waals surface area contributed by atoms with Crippen molar-refractivity contribution in [1.29, 1.82) is 0 Å². The molecule has 0 bridgehead atoms. The molecule has 1 aromatic rings. The molecule has 0 saturated carbocycles. The first-order valence-electron chi connectivity index (χ1n) is 6.34. The number of carboxylic acids is 1. The number of aromatic carboxylic acids is 1. The predicted molar refractivity (Wildman–Crippen MR) is 79.1 cm³/mol. The summed E-state index contributed by atoms with van der Waals surface area (Å²) in [6, 6.07) is 4.40. The van der Waals surface area contributed by atoms with Crippen molar-refractivity contribution in [3.8, 4) is 0 Å². The molecule has 0 saturated heterocycles. The fourth-order valence-electron chi connectivity index (χ4n) is 1.54. The van der Waals surface area contributed by atoms with Crippen LogP contribution in [0.1, 0.15) is 41.0 Å². The highest BCUT2D eigenvalue weighted by atomic mass is 79.9. The van der Waals surface area contributed by atoms with E-state index in [4.69, 9.17) is 9.84 Å². The number of halogens is 1. The Morgan fingerprint density at radius 2 is 1.95 bits per heavy atom. The van der Waals surface area contributed by atoms with Crippen LogP contribution >= 0.6 is 15.9 Å². The van der Waals surface area contributed by atoms with E-state index in [1.54, 1.807) is 6.07 Å². The lowest BCUT2D eigenvalue weighted by Gasteiger charge is -2.09. The van der Waals surface area contributed by atoms with E-state index in [0.29, 0.717) is 29.6 Å². The molecule has 0 atom stereocenters. The van der Waals surface area contributed by atoms with Crippen LogP contribution in [0.25, 0.3) is 0 Å². The molecule has 0 heterocycles. The molecule has 0 unspecified atom stereocenters. The van der Waals surface area contributed by atoms with E-state index >= 15 is 0 Å². The van der Waals surface area contributed by atoms with Crippen LogP contribution in [0, 0.1) is 0 Å². The Morgan fingerprint density at radius 1 is 1.30 bits per heavy atom. The smallest absolute Gasteiger partial charge is 0.335 e. The minimum atomic E-state index is -1.06. The molecule has 0 aliphatic carbocycles. The molecular weight excluding hydrogens is 326 g/mol. The first-order valence-corrected chi connectivity index (χ1v) is 7.13. The standard InChI is InChI=1S/C14H18BrNO4/c1-9(2)20-5-3-4-16-13(17)10-6-11(14(18)19)8-12(15)7-10/h6-9H,3-5H2,1-2H3,(H,16,17)(H,18,19). The van der Waals surface area contributed by atoms with Gasteiger partial charge in [0.2, 0.25) is 0 Å². The van der Waals surface area contributed by atoms with Gasteiger partial charge in [0.1, 0.15) is 0 Å². The Balaban J connectivity index is 2.53. The van der Waals surface area contributed by atoms with E-state index in [1.165, 1.54) is 12.1 Å². The van der Waals surface area contributed by atoms with E-state index in [9.17, 15) is 9.59 Å². The second-order valence-electron chi connectivity index (χ2n) is 4.56. The van der Waals surface area contributed by atoms with Crippen LogP contribution in [0.3, 0.4) is 0 Å². The summed E-state index contributed by atoms with van der Waals surface area (Å²) < 4.78 is 5.92. The molecule has 0 spiro atoms. The van der Waals surface area contributed by atoms with Gasteiger partial charge in [0.15, 0.2) is 0 Å². The van der Waals surface area contributed by atoms with Crippen LogP contribution in [0.15, 0.2) is 22.7 Å². The average molecular weight is 344 g/mol. The highest BCUT2D eigenvalue weighted by Crippen LogP contribution is 2.16. The molecule has 0 radical (unpaired) electrons. The maximum absolute atomic E-state index is 11.9. The molecule has 20 heavy (non-hydrogen) atoms. The van der Waals surface area contributed by atoms with Crippen molar-refractivity contribution in [2.75, 3.05) is 13.2 Å². The summed E-state index contributed by atoms with van der Waals surface area (Å²) in [5.41, 5.74) is 0.397. The molecule has 1 rings (SSSR count). The number of hydrogen-bond donors (Lipinski definition) is 2. The number of carboxylic acid groups (broad SMARTS) is 1. The molecule has 6 heteroatoms. The van der Waals surface area contributed by atoms with Gasteiger partial charge in [0.25, 0.3) is 5.91 Å². The van der Waals surface area contributed by atoms with Crippen LogP contribution < -0.4 is 5.32 Å². The number of rotatable bonds is 7. The topological polar surface area (TPSA) is 75.6 Å². The Labute approximate surface area is 126 Å². The van der Waals surface area contributed by atoms with Crippen molar-refractivity contribution in [1.82, 2.24) is 5.32 Å². The molecule has 0 aliphatic heterocycles. The molecule has 1 aromatic carbocycles. The predicted octanol–water partition coefficient (Wildman–Crippen LogP) is 2.69. The highest BCUT2D eigenvalue weighted by Gasteiger charge is 2.11. The zero-order valence-electron chi connectivity index (χ0n) is 11.5. The van der Waals surface area contributed by atoms with Gasteiger partial charge in [-0.05, 0) is 38.5 Å². The zero-order chi connectivity index (χ0) is 15.1. The largest absolute Gasteiger partial charge is 0.478 e. The van der Waals surface area contributed by atoms with Crippen LogP contribution in [0.4, 0.5) is 0 Å². The average Bonchev–Trinajstić information content (AvgIpc) is 2.36. The fraction of sp³-hybridized carbons (Fsp3) is 0.429. The van der Waals surface area contributed by atoms with Crippen molar-refractivity contribution in [3.05, 3.63) is 33.8 Å². The van der Waals surface area contributed by atoms with Crippen LogP contribution in [0.5, 0.6) is 0 Å². The van der Waals surface area contributed by atoms with Gasteiger partial charge in [-0.1, -0.05) is 15.9 Å². The Bertz CT molecular complexity index is 488. The maximum atomic E-state index is 11.9. The first kappa shape index (κ1) is 16.7. The van der Waals surface area contributed by atoms with Crippen molar-refractivity contribution in [2.24, 2.45) is 0 Å². The van der Waals surface area contributed by atoms with Gasteiger partial charge in [0, 0.05) is 23.2 Å². The van der Waals surface area contributed by atoms with Crippen molar-refractivity contribution in [3.63, 3.8) is 0 Å². The summed E-state index contributed by atoms with van der Waals surface area (Å²) in [6.45, 7) is 4.97.